The van der Waals surface area contributed by atoms with E-state index in [4.69, 9.17) is 5.11 Å². The minimum Gasteiger partial charge on any atom is -0.476 e. The summed E-state index contributed by atoms with van der Waals surface area (Å²) in [6, 6.07) is 0. The zero-order chi connectivity index (χ0) is 15.1. The number of aromatic nitrogens is 1. The molecule has 1 aromatic heterocycles. The van der Waals surface area contributed by atoms with Crippen molar-refractivity contribution in [2.45, 2.75) is 33.7 Å². The first kappa shape index (κ1) is 14.6. The smallest absolute Gasteiger partial charge is 0.355 e. The van der Waals surface area contributed by atoms with Gasteiger partial charge in [-0.2, -0.15) is 0 Å². The molecule has 0 radical (unpaired) electrons. The van der Waals surface area contributed by atoms with Crippen molar-refractivity contribution < 1.29 is 19.5 Å². The fourth-order valence-corrected chi connectivity index (χ4v) is 2.89. The van der Waals surface area contributed by atoms with Crippen molar-refractivity contribution >= 4 is 29.1 Å². The average molecular weight is 296 g/mol. The number of carbonyl (C=O) groups excluding carboxylic acids is 2. The highest BCUT2D eigenvalue weighted by molar-refractivity contribution is 7.09. The van der Waals surface area contributed by atoms with Gasteiger partial charge < -0.3 is 5.11 Å². The maximum Gasteiger partial charge on any atom is 0.355 e. The third kappa shape index (κ3) is 2.33. The molecule has 7 heteroatoms. The number of hydrogen-bond donors (Lipinski definition) is 1. The van der Waals surface area contributed by atoms with Gasteiger partial charge in [-0.1, -0.05) is 13.8 Å². The molecule has 0 bridgehead atoms. The molecule has 1 aromatic rings. The molecule has 1 unspecified atom stereocenters. The summed E-state index contributed by atoms with van der Waals surface area (Å²) in [4.78, 5) is 40.3. The summed E-state index contributed by atoms with van der Waals surface area (Å²) >= 11 is 1.14. The second-order valence-corrected chi connectivity index (χ2v) is 6.41. The van der Waals surface area contributed by atoms with Crippen LogP contribution in [0.4, 0.5) is 0 Å². The second kappa shape index (κ2) is 4.97. The Morgan fingerprint density at radius 3 is 2.65 bits per heavy atom. The van der Waals surface area contributed by atoms with Crippen molar-refractivity contribution in [2.24, 2.45) is 11.3 Å². The van der Waals surface area contributed by atoms with E-state index in [2.05, 4.69) is 4.98 Å². The number of rotatable bonds is 4. The number of carbonyl (C=O) groups is 3. The fraction of sp³-hybridized carbons (Fsp3) is 0.538. The molecule has 1 atom stereocenters. The number of amides is 2. The normalized spacial score (nSPS) is 22.9. The molecule has 2 heterocycles. The Kier molecular flexibility index (Phi) is 3.64. The first-order valence-electron chi connectivity index (χ1n) is 6.28. The Bertz CT molecular complexity index is 581. The number of imide groups is 1. The minimum atomic E-state index is -1.11. The maximum absolute atomic E-state index is 12.4. The van der Waals surface area contributed by atoms with Gasteiger partial charge in [0.05, 0.1) is 12.0 Å². The summed E-state index contributed by atoms with van der Waals surface area (Å²) in [5, 5.41) is 10.7. The van der Waals surface area contributed by atoms with Crippen LogP contribution in [0, 0.1) is 11.3 Å². The fourth-order valence-electron chi connectivity index (χ4n) is 2.13. The minimum absolute atomic E-state index is 0.0535. The van der Waals surface area contributed by atoms with Crippen LogP contribution >= 0.6 is 11.3 Å². The van der Waals surface area contributed by atoms with Gasteiger partial charge in [0, 0.05) is 11.8 Å². The van der Waals surface area contributed by atoms with E-state index in [9.17, 15) is 14.4 Å². The van der Waals surface area contributed by atoms with E-state index in [-0.39, 0.29) is 36.4 Å². The van der Waals surface area contributed by atoms with Crippen LogP contribution in [0.25, 0.3) is 0 Å². The van der Waals surface area contributed by atoms with Gasteiger partial charge in [-0.05, 0) is 12.8 Å². The molecule has 1 aliphatic rings. The molecule has 0 aliphatic carbocycles. The van der Waals surface area contributed by atoms with E-state index in [1.54, 1.807) is 6.92 Å². The van der Waals surface area contributed by atoms with Crippen LogP contribution < -0.4 is 0 Å². The zero-order valence-electron chi connectivity index (χ0n) is 11.5. The molecule has 1 N–H and O–H groups in total. The third-order valence-corrected chi connectivity index (χ3v) is 4.73. The van der Waals surface area contributed by atoms with Gasteiger partial charge in [-0.25, -0.2) is 9.78 Å². The molecule has 1 fully saturated rings. The molecule has 20 heavy (non-hydrogen) atoms. The molecule has 2 amide bonds. The van der Waals surface area contributed by atoms with Gasteiger partial charge >= 0.3 is 5.97 Å². The van der Waals surface area contributed by atoms with E-state index in [0.29, 0.717) is 5.01 Å². The number of hydrogen-bond acceptors (Lipinski definition) is 5. The largest absolute Gasteiger partial charge is 0.476 e. The monoisotopic (exact) mass is 296 g/mol. The van der Waals surface area contributed by atoms with Crippen molar-refractivity contribution in [1.82, 2.24) is 9.88 Å². The second-order valence-electron chi connectivity index (χ2n) is 5.47. The van der Waals surface area contributed by atoms with Crippen LogP contribution in [-0.2, 0) is 16.1 Å². The zero-order valence-corrected chi connectivity index (χ0v) is 12.4. The Hall–Kier alpha value is -1.76. The lowest BCUT2D eigenvalue weighted by Gasteiger charge is -2.25. The van der Waals surface area contributed by atoms with Gasteiger partial charge in [0.15, 0.2) is 5.69 Å². The lowest BCUT2D eigenvalue weighted by Crippen LogP contribution is -2.36. The van der Waals surface area contributed by atoms with Crippen LogP contribution in [0.15, 0.2) is 5.38 Å². The number of carboxylic acids is 1. The van der Waals surface area contributed by atoms with E-state index in [1.165, 1.54) is 10.3 Å². The van der Waals surface area contributed by atoms with Crippen LogP contribution in [0.3, 0.4) is 0 Å². The Labute approximate surface area is 120 Å². The summed E-state index contributed by atoms with van der Waals surface area (Å²) in [5.41, 5.74) is -0.736. The molecule has 0 saturated carbocycles. The van der Waals surface area contributed by atoms with Gasteiger partial charge in [0.25, 0.3) is 0 Å². The van der Waals surface area contributed by atoms with Gasteiger partial charge in [-0.15, -0.1) is 11.3 Å². The number of aromatic carboxylic acids is 1. The standard InChI is InChI=1S/C13H16N2O4S/c1-7(2)13(3)4-10(16)15(12(13)19)5-9-14-8(6-20-9)11(17)18/h6-7H,4-5H2,1-3H3,(H,17,18). The number of nitrogens with zero attached hydrogens (tertiary/aromatic N) is 2. The SMILES string of the molecule is CC(C)C1(C)CC(=O)N(Cc2nc(C(=O)O)cs2)C1=O. The first-order chi connectivity index (χ1) is 9.25. The Morgan fingerprint density at radius 1 is 1.55 bits per heavy atom. The van der Waals surface area contributed by atoms with E-state index in [0.717, 1.165) is 11.3 Å². The van der Waals surface area contributed by atoms with Gasteiger partial charge in [0.2, 0.25) is 11.8 Å². The summed E-state index contributed by atoms with van der Waals surface area (Å²) in [5.74, 6) is -1.48. The van der Waals surface area contributed by atoms with Gasteiger partial charge in [-0.3, -0.25) is 14.5 Å². The van der Waals surface area contributed by atoms with Crippen molar-refractivity contribution in [1.29, 1.82) is 0 Å². The topological polar surface area (TPSA) is 87.6 Å². The Balaban J connectivity index is 2.19. The van der Waals surface area contributed by atoms with E-state index in [1.807, 2.05) is 13.8 Å². The van der Waals surface area contributed by atoms with Crippen molar-refractivity contribution in [3.63, 3.8) is 0 Å². The third-order valence-electron chi connectivity index (χ3n) is 3.89. The predicted octanol–water partition coefficient (Wildman–Crippen LogP) is 1.76. The number of likely N-dealkylation sites (tertiary alicyclic amines) is 1. The molecule has 2 rings (SSSR count). The molecule has 0 spiro atoms. The van der Waals surface area contributed by atoms with E-state index >= 15 is 0 Å². The van der Waals surface area contributed by atoms with E-state index < -0.39 is 11.4 Å². The molecule has 108 valence electrons. The molecule has 1 saturated heterocycles. The Morgan fingerprint density at radius 2 is 2.20 bits per heavy atom. The molecule has 1 aliphatic heterocycles. The maximum atomic E-state index is 12.4. The molecule has 6 nitrogen and oxygen atoms in total. The molecule has 0 aromatic carbocycles. The lowest BCUT2D eigenvalue weighted by atomic mass is 9.78. The summed E-state index contributed by atoms with van der Waals surface area (Å²) in [6.07, 6.45) is 0.195. The van der Waals surface area contributed by atoms with Crippen molar-refractivity contribution in [3.8, 4) is 0 Å². The number of carboxylic acid groups (broad SMARTS) is 1. The van der Waals surface area contributed by atoms with Crippen LogP contribution in [0.5, 0.6) is 0 Å². The lowest BCUT2D eigenvalue weighted by molar-refractivity contribution is -0.142. The van der Waals surface area contributed by atoms with Crippen LogP contribution in [0.2, 0.25) is 0 Å². The average Bonchev–Trinajstić information content (AvgIpc) is 2.90. The summed E-state index contributed by atoms with van der Waals surface area (Å²) in [6.45, 7) is 5.68. The van der Waals surface area contributed by atoms with Crippen molar-refractivity contribution in [3.05, 3.63) is 16.1 Å². The van der Waals surface area contributed by atoms with Crippen LogP contribution in [-0.4, -0.2) is 32.8 Å². The molecular formula is C13H16N2O4S. The highest BCUT2D eigenvalue weighted by Crippen LogP contribution is 2.39. The highest BCUT2D eigenvalue weighted by Gasteiger charge is 2.50. The predicted molar refractivity (Wildman–Crippen MR) is 72.2 cm³/mol. The first-order valence-corrected chi connectivity index (χ1v) is 7.16. The molecular weight excluding hydrogens is 280 g/mol. The quantitative estimate of drug-likeness (QED) is 0.855. The van der Waals surface area contributed by atoms with Gasteiger partial charge in [0.1, 0.15) is 5.01 Å². The highest BCUT2D eigenvalue weighted by atomic mass is 32.1. The number of thiazole rings is 1. The van der Waals surface area contributed by atoms with Crippen molar-refractivity contribution in [2.75, 3.05) is 0 Å². The summed E-state index contributed by atoms with van der Waals surface area (Å²) < 4.78 is 0. The van der Waals surface area contributed by atoms with Crippen LogP contribution in [0.1, 0.15) is 42.7 Å². The summed E-state index contributed by atoms with van der Waals surface area (Å²) in [7, 11) is 0.